The summed E-state index contributed by atoms with van der Waals surface area (Å²) in [5.74, 6) is 0. The highest BCUT2D eigenvalue weighted by atomic mass is 35.5. The normalized spacial score (nSPS) is 11.7. The molecule has 6 nitrogen and oxygen atoms in total. The summed E-state index contributed by atoms with van der Waals surface area (Å²) in [6, 6.07) is 9.25. The van der Waals surface area contributed by atoms with E-state index in [0.717, 1.165) is 17.0 Å². The van der Waals surface area contributed by atoms with E-state index in [-0.39, 0.29) is 11.9 Å². The number of ether oxygens (including phenoxy) is 1. The van der Waals surface area contributed by atoms with Crippen molar-refractivity contribution < 1.29 is 9.53 Å². The molecule has 0 aliphatic heterocycles. The number of amides is 1. The third kappa shape index (κ3) is 4.31. The second-order valence-corrected chi connectivity index (χ2v) is 6.60. The number of nitriles is 1. The molecule has 1 amide bonds. The number of hydrogen-bond donors (Lipinski definition) is 0. The Balaban J connectivity index is 2.43. The van der Waals surface area contributed by atoms with Gasteiger partial charge in [0.05, 0.1) is 54.3 Å². The fourth-order valence-electron chi connectivity index (χ4n) is 2.76. The molecule has 1 aromatic carbocycles. The molecule has 0 N–H and O–H groups in total. The number of anilines is 1. The van der Waals surface area contributed by atoms with Crippen LogP contribution in [0.1, 0.15) is 29.4 Å². The molecule has 2 aromatic rings. The standard InChI is InChI=1S/C18H21ClN4O2/c1-12(19)10-23-14(3)17(13(2)21-23)22(18(24)25-4)11-16-7-5-6-15(8-16)9-20/h5-8,12H,10-11H2,1-4H3. The molecular formula is C18H21ClN4O2. The Hall–Kier alpha value is -2.52. The van der Waals surface area contributed by atoms with E-state index in [9.17, 15) is 4.79 Å². The maximum atomic E-state index is 12.4. The molecule has 0 spiro atoms. The van der Waals surface area contributed by atoms with E-state index in [1.165, 1.54) is 12.0 Å². The van der Waals surface area contributed by atoms with Crippen molar-refractivity contribution in [3.8, 4) is 6.07 Å². The minimum absolute atomic E-state index is 0.0789. The number of rotatable bonds is 5. The van der Waals surface area contributed by atoms with Crippen LogP contribution in [0, 0.1) is 25.2 Å². The van der Waals surface area contributed by atoms with Crippen molar-refractivity contribution in [3.05, 3.63) is 46.8 Å². The number of aryl methyl sites for hydroxylation is 1. The first-order chi connectivity index (χ1) is 11.9. The number of hydrogen-bond acceptors (Lipinski definition) is 4. The van der Waals surface area contributed by atoms with Gasteiger partial charge in [0.25, 0.3) is 0 Å². The van der Waals surface area contributed by atoms with E-state index in [2.05, 4.69) is 11.2 Å². The van der Waals surface area contributed by atoms with E-state index in [1.54, 1.807) is 22.9 Å². The second kappa shape index (κ2) is 8.04. The quantitative estimate of drug-likeness (QED) is 0.761. The molecule has 2 rings (SSSR count). The first-order valence-corrected chi connectivity index (χ1v) is 8.33. The van der Waals surface area contributed by atoms with Gasteiger partial charge >= 0.3 is 6.09 Å². The Morgan fingerprint density at radius 2 is 2.20 bits per heavy atom. The van der Waals surface area contributed by atoms with Crippen molar-refractivity contribution in [1.29, 1.82) is 5.26 Å². The lowest BCUT2D eigenvalue weighted by atomic mass is 10.1. The number of aromatic nitrogens is 2. The molecule has 0 radical (unpaired) electrons. The van der Waals surface area contributed by atoms with Crippen LogP contribution in [0.25, 0.3) is 0 Å². The van der Waals surface area contributed by atoms with Gasteiger partial charge in [0.2, 0.25) is 0 Å². The molecule has 0 saturated heterocycles. The number of carbonyl (C=O) groups is 1. The predicted molar refractivity (Wildman–Crippen MR) is 96.8 cm³/mol. The zero-order chi connectivity index (χ0) is 18.6. The van der Waals surface area contributed by atoms with Gasteiger partial charge < -0.3 is 4.74 Å². The molecule has 1 unspecified atom stereocenters. The maximum absolute atomic E-state index is 12.4. The summed E-state index contributed by atoms with van der Waals surface area (Å²) >= 11 is 6.08. The average Bonchev–Trinajstić information content (AvgIpc) is 2.85. The van der Waals surface area contributed by atoms with E-state index >= 15 is 0 Å². The van der Waals surface area contributed by atoms with E-state index < -0.39 is 6.09 Å². The highest BCUT2D eigenvalue weighted by molar-refractivity contribution is 6.20. The van der Waals surface area contributed by atoms with Gasteiger partial charge in [-0.1, -0.05) is 12.1 Å². The van der Waals surface area contributed by atoms with Gasteiger partial charge in [-0.2, -0.15) is 10.4 Å². The van der Waals surface area contributed by atoms with Gasteiger partial charge in [0.1, 0.15) is 0 Å². The van der Waals surface area contributed by atoms with Gasteiger partial charge in [-0.25, -0.2) is 4.79 Å². The minimum atomic E-state index is -0.480. The lowest BCUT2D eigenvalue weighted by Gasteiger charge is -2.22. The monoisotopic (exact) mass is 360 g/mol. The van der Waals surface area contributed by atoms with Crippen LogP contribution < -0.4 is 4.90 Å². The molecule has 0 fully saturated rings. The van der Waals surface area contributed by atoms with Crippen LogP contribution in [0.5, 0.6) is 0 Å². The fraction of sp³-hybridized carbons (Fsp3) is 0.389. The smallest absolute Gasteiger partial charge is 0.414 e. The van der Waals surface area contributed by atoms with Gasteiger partial charge in [-0.05, 0) is 38.5 Å². The first kappa shape index (κ1) is 18.8. The van der Waals surface area contributed by atoms with Crippen LogP contribution in [-0.2, 0) is 17.8 Å². The van der Waals surface area contributed by atoms with E-state index in [1.807, 2.05) is 26.8 Å². The molecule has 1 atom stereocenters. The third-order valence-electron chi connectivity index (χ3n) is 3.83. The Morgan fingerprint density at radius 3 is 2.80 bits per heavy atom. The van der Waals surface area contributed by atoms with Crippen LogP contribution >= 0.6 is 11.6 Å². The highest BCUT2D eigenvalue weighted by Gasteiger charge is 2.25. The first-order valence-electron chi connectivity index (χ1n) is 7.90. The van der Waals surface area contributed by atoms with Crippen LogP contribution in [0.3, 0.4) is 0 Å². The molecule has 25 heavy (non-hydrogen) atoms. The predicted octanol–water partition coefficient (Wildman–Crippen LogP) is 3.77. The summed E-state index contributed by atoms with van der Waals surface area (Å²) < 4.78 is 6.75. The number of methoxy groups -OCH3 is 1. The largest absolute Gasteiger partial charge is 0.452 e. The lowest BCUT2D eigenvalue weighted by molar-refractivity contribution is 0.178. The molecule has 0 aliphatic rings. The zero-order valence-electron chi connectivity index (χ0n) is 14.8. The molecule has 0 bridgehead atoms. The fourth-order valence-corrected chi connectivity index (χ4v) is 2.89. The Kier molecular flexibility index (Phi) is 6.05. The summed E-state index contributed by atoms with van der Waals surface area (Å²) in [5.41, 5.74) is 3.64. The molecule has 7 heteroatoms. The Bertz CT molecular complexity index is 808. The number of benzene rings is 1. The summed E-state index contributed by atoms with van der Waals surface area (Å²) in [6.45, 7) is 6.47. The average molecular weight is 361 g/mol. The summed E-state index contributed by atoms with van der Waals surface area (Å²) in [7, 11) is 1.34. The second-order valence-electron chi connectivity index (χ2n) is 5.85. The minimum Gasteiger partial charge on any atom is -0.452 e. The number of alkyl halides is 1. The molecule has 0 aliphatic carbocycles. The third-order valence-corrected chi connectivity index (χ3v) is 3.97. The topological polar surface area (TPSA) is 71.2 Å². The van der Waals surface area contributed by atoms with Crippen LogP contribution in [0.2, 0.25) is 0 Å². The molecule has 0 saturated carbocycles. The SMILES string of the molecule is COC(=O)N(Cc1cccc(C#N)c1)c1c(C)nn(CC(C)Cl)c1C. The molecule has 1 aromatic heterocycles. The molecule has 1 heterocycles. The van der Waals surface area contributed by atoms with E-state index in [0.29, 0.717) is 17.8 Å². The molecule has 132 valence electrons. The number of carbonyl (C=O) groups excluding carboxylic acids is 1. The van der Waals surface area contributed by atoms with Crippen LogP contribution in [0.4, 0.5) is 10.5 Å². The van der Waals surface area contributed by atoms with E-state index in [4.69, 9.17) is 21.6 Å². The maximum Gasteiger partial charge on any atom is 0.414 e. The lowest BCUT2D eigenvalue weighted by Crippen LogP contribution is -2.31. The molecular weight excluding hydrogens is 340 g/mol. The van der Waals surface area contributed by atoms with Crippen molar-refractivity contribution in [2.45, 2.75) is 39.2 Å². The summed E-state index contributed by atoms with van der Waals surface area (Å²) in [5, 5.41) is 13.5. The van der Waals surface area contributed by atoms with Gasteiger partial charge in [-0.15, -0.1) is 11.6 Å². The van der Waals surface area contributed by atoms with Crippen molar-refractivity contribution in [2.24, 2.45) is 0 Å². The van der Waals surface area contributed by atoms with Crippen molar-refractivity contribution in [1.82, 2.24) is 9.78 Å². The van der Waals surface area contributed by atoms with Crippen molar-refractivity contribution >= 4 is 23.4 Å². The highest BCUT2D eigenvalue weighted by Crippen LogP contribution is 2.27. The Labute approximate surface area is 152 Å². The van der Waals surface area contributed by atoms with Gasteiger partial charge in [0, 0.05) is 0 Å². The van der Waals surface area contributed by atoms with Gasteiger partial charge in [-0.3, -0.25) is 9.58 Å². The van der Waals surface area contributed by atoms with Crippen molar-refractivity contribution in [3.63, 3.8) is 0 Å². The number of halogens is 1. The van der Waals surface area contributed by atoms with Crippen molar-refractivity contribution in [2.75, 3.05) is 12.0 Å². The van der Waals surface area contributed by atoms with Gasteiger partial charge in [0.15, 0.2) is 0 Å². The Morgan fingerprint density at radius 1 is 1.48 bits per heavy atom. The number of nitrogens with zero attached hydrogens (tertiary/aromatic N) is 4. The summed E-state index contributed by atoms with van der Waals surface area (Å²) in [4.78, 5) is 13.9. The zero-order valence-corrected chi connectivity index (χ0v) is 15.5. The van der Waals surface area contributed by atoms with Crippen LogP contribution in [-0.4, -0.2) is 28.4 Å². The summed E-state index contributed by atoms with van der Waals surface area (Å²) in [6.07, 6.45) is -0.480. The van der Waals surface area contributed by atoms with Crippen LogP contribution in [0.15, 0.2) is 24.3 Å².